The minimum absolute atomic E-state index is 0.0248. The van der Waals surface area contributed by atoms with Crippen LogP contribution in [0.3, 0.4) is 0 Å². The van der Waals surface area contributed by atoms with E-state index in [-0.39, 0.29) is 17.9 Å². The minimum atomic E-state index is -0.0248. The smallest absolute Gasteiger partial charge is 0.209 e. The third kappa shape index (κ3) is 3.06. The van der Waals surface area contributed by atoms with Gasteiger partial charge in [-0.1, -0.05) is 0 Å². The summed E-state index contributed by atoms with van der Waals surface area (Å²) in [5.74, 6) is 5.88. The summed E-state index contributed by atoms with van der Waals surface area (Å²) in [4.78, 5) is 8.64. The number of ether oxygens (including phenoxy) is 1. The third-order valence-electron chi connectivity index (χ3n) is 2.44. The van der Waals surface area contributed by atoms with Crippen molar-refractivity contribution in [2.45, 2.75) is 32.8 Å². The van der Waals surface area contributed by atoms with Crippen LogP contribution in [0.25, 0.3) is 0 Å². The van der Waals surface area contributed by atoms with Crippen LogP contribution in [-0.2, 0) is 9.57 Å². The Morgan fingerprint density at radius 3 is 2.81 bits per heavy atom. The third-order valence-corrected chi connectivity index (χ3v) is 2.44. The molecule has 5 heteroatoms. The summed E-state index contributed by atoms with van der Waals surface area (Å²) in [6, 6.07) is 0. The Kier molecular flexibility index (Phi) is 4.49. The first kappa shape index (κ1) is 12.7. The molecule has 0 aromatic heterocycles. The molecule has 1 unspecified atom stereocenters. The van der Waals surface area contributed by atoms with E-state index in [1.807, 2.05) is 19.9 Å². The molecule has 1 atom stereocenters. The Bertz CT molecular complexity index is 321. The number of allylic oxidation sites excluding steroid dienone is 2. The first-order chi connectivity index (χ1) is 7.58. The molecule has 0 aliphatic heterocycles. The maximum Gasteiger partial charge on any atom is 0.209 e. The van der Waals surface area contributed by atoms with Gasteiger partial charge in [0.2, 0.25) is 5.90 Å². The van der Waals surface area contributed by atoms with Crippen molar-refractivity contribution in [3.05, 3.63) is 11.8 Å². The molecule has 0 saturated carbocycles. The van der Waals surface area contributed by atoms with Crippen LogP contribution >= 0.6 is 0 Å². The SMILES string of the molecule is CN=C1CC(C(=N)ON)CC=C1OC(C)C. The highest BCUT2D eigenvalue weighted by Gasteiger charge is 2.25. The number of nitrogens with two attached hydrogens (primary N) is 1. The number of aliphatic imine (C=N–C) groups is 1. The molecule has 0 fully saturated rings. The van der Waals surface area contributed by atoms with E-state index in [0.29, 0.717) is 12.8 Å². The fraction of sp³-hybridized carbons (Fsp3) is 0.636. The van der Waals surface area contributed by atoms with Crippen LogP contribution in [-0.4, -0.2) is 24.8 Å². The molecule has 1 aliphatic carbocycles. The van der Waals surface area contributed by atoms with Gasteiger partial charge in [0, 0.05) is 19.4 Å². The zero-order chi connectivity index (χ0) is 12.1. The Labute approximate surface area is 95.8 Å². The molecule has 0 amide bonds. The lowest BCUT2D eigenvalue weighted by Crippen LogP contribution is -2.27. The molecule has 0 radical (unpaired) electrons. The second-order valence-corrected chi connectivity index (χ2v) is 4.02. The molecular weight excluding hydrogens is 206 g/mol. The van der Waals surface area contributed by atoms with Crippen molar-refractivity contribution in [1.82, 2.24) is 0 Å². The normalized spacial score (nSPS) is 23.2. The van der Waals surface area contributed by atoms with E-state index in [0.717, 1.165) is 11.5 Å². The van der Waals surface area contributed by atoms with Gasteiger partial charge < -0.3 is 9.57 Å². The summed E-state index contributed by atoms with van der Waals surface area (Å²) < 4.78 is 5.64. The fourth-order valence-corrected chi connectivity index (χ4v) is 1.65. The lowest BCUT2D eigenvalue weighted by Gasteiger charge is -2.24. The maximum absolute atomic E-state index is 7.53. The van der Waals surface area contributed by atoms with Gasteiger partial charge in [0.25, 0.3) is 0 Å². The highest BCUT2D eigenvalue weighted by atomic mass is 16.6. The number of nitrogens with zero attached hydrogens (tertiary/aromatic N) is 1. The lowest BCUT2D eigenvalue weighted by molar-refractivity contribution is 0.159. The van der Waals surface area contributed by atoms with Gasteiger partial charge in [-0.05, 0) is 26.3 Å². The van der Waals surface area contributed by atoms with Gasteiger partial charge in [0.05, 0.1) is 11.8 Å². The van der Waals surface area contributed by atoms with Crippen LogP contribution in [0.15, 0.2) is 16.8 Å². The zero-order valence-corrected chi connectivity index (χ0v) is 9.99. The van der Waals surface area contributed by atoms with Crippen molar-refractivity contribution in [3.63, 3.8) is 0 Å². The lowest BCUT2D eigenvalue weighted by atomic mass is 9.91. The maximum atomic E-state index is 7.53. The number of hydrogen-bond donors (Lipinski definition) is 2. The van der Waals surface area contributed by atoms with Crippen molar-refractivity contribution >= 4 is 11.6 Å². The zero-order valence-electron chi connectivity index (χ0n) is 9.99. The van der Waals surface area contributed by atoms with Crippen LogP contribution in [0.1, 0.15) is 26.7 Å². The van der Waals surface area contributed by atoms with Gasteiger partial charge in [-0.25, -0.2) is 0 Å². The molecule has 0 bridgehead atoms. The highest BCUT2D eigenvalue weighted by molar-refractivity contribution is 6.01. The molecule has 0 aromatic carbocycles. The largest absolute Gasteiger partial charge is 0.489 e. The van der Waals surface area contributed by atoms with E-state index >= 15 is 0 Å². The Balaban J connectivity index is 2.76. The van der Waals surface area contributed by atoms with E-state index in [9.17, 15) is 0 Å². The van der Waals surface area contributed by atoms with Gasteiger partial charge in [-0.2, -0.15) is 5.90 Å². The van der Waals surface area contributed by atoms with Crippen molar-refractivity contribution < 1.29 is 9.57 Å². The summed E-state index contributed by atoms with van der Waals surface area (Å²) in [6.07, 6.45) is 3.43. The van der Waals surface area contributed by atoms with E-state index in [1.54, 1.807) is 7.05 Å². The quantitative estimate of drug-likeness (QED) is 0.435. The molecule has 1 rings (SSSR count). The monoisotopic (exact) mass is 225 g/mol. The molecule has 0 aromatic rings. The number of hydrogen-bond acceptors (Lipinski definition) is 5. The molecule has 0 saturated heterocycles. The Hall–Kier alpha value is -1.36. The van der Waals surface area contributed by atoms with Gasteiger partial charge >= 0.3 is 0 Å². The summed E-state index contributed by atoms with van der Waals surface area (Å²) in [5, 5.41) is 7.53. The van der Waals surface area contributed by atoms with Crippen LogP contribution in [0.4, 0.5) is 0 Å². The fourth-order valence-electron chi connectivity index (χ4n) is 1.65. The van der Waals surface area contributed by atoms with Crippen molar-refractivity contribution in [3.8, 4) is 0 Å². The molecule has 3 N–H and O–H groups in total. The van der Waals surface area contributed by atoms with E-state index in [2.05, 4.69) is 9.83 Å². The van der Waals surface area contributed by atoms with Gasteiger partial charge in [0.15, 0.2) is 0 Å². The van der Waals surface area contributed by atoms with Gasteiger partial charge in [0.1, 0.15) is 5.76 Å². The standard InChI is InChI=1S/C11H19N3O2/c1-7(2)15-10-5-4-8(11(12)16-13)6-9(10)14-3/h5,7-8,12H,4,6,13H2,1-3H3. The first-order valence-electron chi connectivity index (χ1n) is 5.36. The molecule has 0 heterocycles. The van der Waals surface area contributed by atoms with Crippen LogP contribution in [0, 0.1) is 11.3 Å². The predicted octanol–water partition coefficient (Wildman–Crippen LogP) is 1.64. The van der Waals surface area contributed by atoms with Crippen LogP contribution < -0.4 is 5.90 Å². The highest BCUT2D eigenvalue weighted by Crippen LogP contribution is 2.24. The summed E-state index contributed by atoms with van der Waals surface area (Å²) >= 11 is 0. The van der Waals surface area contributed by atoms with Crippen LogP contribution in [0.5, 0.6) is 0 Å². The summed E-state index contributed by atoms with van der Waals surface area (Å²) in [5.41, 5.74) is 0.867. The number of rotatable bonds is 3. The van der Waals surface area contributed by atoms with E-state index in [1.165, 1.54) is 0 Å². The van der Waals surface area contributed by atoms with Crippen molar-refractivity contribution in [1.29, 1.82) is 5.41 Å². The van der Waals surface area contributed by atoms with Gasteiger partial charge in [-0.15, -0.1) is 0 Å². The van der Waals surface area contributed by atoms with E-state index < -0.39 is 0 Å². The Morgan fingerprint density at radius 2 is 2.31 bits per heavy atom. The first-order valence-corrected chi connectivity index (χ1v) is 5.36. The second kappa shape index (κ2) is 5.65. The summed E-state index contributed by atoms with van der Waals surface area (Å²) in [6.45, 7) is 3.95. The minimum Gasteiger partial charge on any atom is -0.489 e. The number of nitrogens with one attached hydrogen (secondary N) is 1. The topological polar surface area (TPSA) is 80.7 Å². The molecule has 0 spiro atoms. The molecule has 16 heavy (non-hydrogen) atoms. The molecule has 90 valence electrons. The van der Waals surface area contributed by atoms with Crippen molar-refractivity contribution in [2.75, 3.05) is 7.05 Å². The molecule has 1 aliphatic rings. The average Bonchev–Trinajstić information content (AvgIpc) is 2.27. The van der Waals surface area contributed by atoms with Crippen LogP contribution in [0.2, 0.25) is 0 Å². The molecule has 5 nitrogen and oxygen atoms in total. The average molecular weight is 225 g/mol. The molecular formula is C11H19N3O2. The van der Waals surface area contributed by atoms with Gasteiger partial charge in [-0.3, -0.25) is 10.4 Å². The predicted molar refractivity (Wildman–Crippen MR) is 63.4 cm³/mol. The Morgan fingerprint density at radius 1 is 1.62 bits per heavy atom. The van der Waals surface area contributed by atoms with E-state index in [4.69, 9.17) is 16.0 Å². The second-order valence-electron chi connectivity index (χ2n) is 4.02. The van der Waals surface area contributed by atoms with Crippen molar-refractivity contribution in [2.24, 2.45) is 16.8 Å². The summed E-state index contributed by atoms with van der Waals surface area (Å²) in [7, 11) is 1.72.